The summed E-state index contributed by atoms with van der Waals surface area (Å²) in [5, 5.41) is 5.83. The largest absolute Gasteiger partial charge is 0.454 e. The number of rotatable bonds is 6. The molecule has 39 heavy (non-hydrogen) atoms. The van der Waals surface area contributed by atoms with Gasteiger partial charge in [-0.25, -0.2) is 0 Å². The number of carbonyl (C=O) groups is 2. The fraction of sp³-hybridized carbons (Fsp3) is 0.300. The maximum atomic E-state index is 13.0. The Balaban J connectivity index is 1.27. The minimum absolute atomic E-state index is 0.0455. The summed E-state index contributed by atoms with van der Waals surface area (Å²) in [6.07, 6.45) is 4.20. The van der Waals surface area contributed by atoms with Crippen LogP contribution in [0.3, 0.4) is 0 Å². The number of pyridine rings is 1. The van der Waals surface area contributed by atoms with Crippen molar-refractivity contribution in [3.05, 3.63) is 87.8 Å². The SMILES string of the molecule is CCNC(=O)c1ccc(N2CC3CC(C2)c2cccc(=O)n2C3)c(NC(=O)C=Cc2ccc3c(c2)OCO3)c1. The first kappa shape index (κ1) is 24.8. The Bertz CT molecular complexity index is 1530. The van der Waals surface area contributed by atoms with Gasteiger partial charge >= 0.3 is 0 Å². The summed E-state index contributed by atoms with van der Waals surface area (Å²) in [4.78, 5) is 40.3. The Morgan fingerprint density at radius 2 is 1.90 bits per heavy atom. The molecule has 1 saturated heterocycles. The predicted molar refractivity (Wildman–Crippen MR) is 148 cm³/mol. The van der Waals surface area contributed by atoms with Gasteiger partial charge in [0.2, 0.25) is 12.7 Å². The fourth-order valence-electron chi connectivity index (χ4n) is 5.77. The van der Waals surface area contributed by atoms with Crippen molar-refractivity contribution in [3.63, 3.8) is 0 Å². The molecule has 9 nitrogen and oxygen atoms in total. The lowest BCUT2D eigenvalue weighted by Gasteiger charge is -2.44. The standard InChI is InChI=1S/C30H30N4O5/c1-2-31-30(37)21-8-9-25(33-15-20-12-22(17-33)24-4-3-5-29(36)34(24)16-20)23(14-21)32-28(35)11-7-19-6-10-26-27(13-19)39-18-38-26/h3-11,13-14,20,22H,2,12,15-18H2,1H3,(H,31,37)(H,32,35). The van der Waals surface area contributed by atoms with E-state index in [1.807, 2.05) is 47.9 Å². The van der Waals surface area contributed by atoms with Crippen LogP contribution in [0.15, 0.2) is 65.5 Å². The highest BCUT2D eigenvalue weighted by molar-refractivity contribution is 6.05. The molecule has 1 aromatic heterocycles. The van der Waals surface area contributed by atoms with Gasteiger partial charge in [0, 0.05) is 55.5 Å². The van der Waals surface area contributed by atoms with E-state index in [4.69, 9.17) is 9.47 Å². The maximum absolute atomic E-state index is 13.0. The smallest absolute Gasteiger partial charge is 0.251 e. The Kier molecular flexibility index (Phi) is 6.56. The van der Waals surface area contributed by atoms with Crippen molar-refractivity contribution in [2.75, 3.05) is 36.6 Å². The van der Waals surface area contributed by atoms with Gasteiger partial charge in [-0.1, -0.05) is 12.1 Å². The third kappa shape index (κ3) is 4.99. The number of ether oxygens (including phenoxy) is 2. The van der Waals surface area contributed by atoms with Gasteiger partial charge in [-0.15, -0.1) is 0 Å². The first-order valence-electron chi connectivity index (χ1n) is 13.2. The number of hydrogen-bond acceptors (Lipinski definition) is 6. The molecule has 3 aliphatic heterocycles. The number of carbonyl (C=O) groups excluding carboxylic acids is 2. The van der Waals surface area contributed by atoms with Crippen LogP contribution in [0, 0.1) is 5.92 Å². The highest BCUT2D eigenvalue weighted by atomic mass is 16.7. The summed E-state index contributed by atoms with van der Waals surface area (Å²) in [6.45, 7) is 4.72. The number of amides is 2. The van der Waals surface area contributed by atoms with Crippen molar-refractivity contribution in [3.8, 4) is 11.5 Å². The number of nitrogens with zero attached hydrogens (tertiary/aromatic N) is 2. The Labute approximate surface area is 226 Å². The summed E-state index contributed by atoms with van der Waals surface area (Å²) in [7, 11) is 0. The molecule has 9 heteroatoms. The molecular weight excluding hydrogens is 496 g/mol. The molecule has 3 aromatic rings. The van der Waals surface area contributed by atoms with Crippen LogP contribution in [0.2, 0.25) is 0 Å². The first-order valence-corrected chi connectivity index (χ1v) is 13.2. The maximum Gasteiger partial charge on any atom is 0.251 e. The minimum Gasteiger partial charge on any atom is -0.454 e. The van der Waals surface area contributed by atoms with Gasteiger partial charge in [-0.05, 0) is 67.3 Å². The van der Waals surface area contributed by atoms with Crippen molar-refractivity contribution in [1.29, 1.82) is 0 Å². The van der Waals surface area contributed by atoms with Crippen LogP contribution in [0.4, 0.5) is 11.4 Å². The number of benzene rings is 2. The second-order valence-corrected chi connectivity index (χ2v) is 10.1. The van der Waals surface area contributed by atoms with E-state index in [2.05, 4.69) is 15.5 Å². The molecule has 2 bridgehead atoms. The molecule has 2 atom stereocenters. The van der Waals surface area contributed by atoms with Crippen molar-refractivity contribution < 1.29 is 19.1 Å². The van der Waals surface area contributed by atoms with E-state index in [1.165, 1.54) is 6.08 Å². The average molecular weight is 527 g/mol. The Morgan fingerprint density at radius 3 is 2.77 bits per heavy atom. The van der Waals surface area contributed by atoms with Crippen LogP contribution < -0.4 is 30.6 Å². The van der Waals surface area contributed by atoms with Gasteiger partial charge in [0.25, 0.3) is 11.5 Å². The number of anilines is 2. The van der Waals surface area contributed by atoms with Crippen molar-refractivity contribution in [2.45, 2.75) is 25.8 Å². The number of fused-ring (bicyclic) bond motifs is 5. The number of hydrogen-bond donors (Lipinski definition) is 2. The van der Waals surface area contributed by atoms with E-state index in [0.29, 0.717) is 41.8 Å². The second-order valence-electron chi connectivity index (χ2n) is 10.1. The van der Waals surface area contributed by atoms with Crippen molar-refractivity contribution in [1.82, 2.24) is 9.88 Å². The van der Waals surface area contributed by atoms with Crippen LogP contribution in [0.1, 0.15) is 40.9 Å². The highest BCUT2D eigenvalue weighted by Gasteiger charge is 2.35. The van der Waals surface area contributed by atoms with E-state index < -0.39 is 0 Å². The highest BCUT2D eigenvalue weighted by Crippen LogP contribution is 2.39. The molecule has 0 spiro atoms. The number of aromatic nitrogens is 1. The first-order chi connectivity index (χ1) is 19.0. The molecule has 4 heterocycles. The van der Waals surface area contributed by atoms with Gasteiger partial charge in [0.1, 0.15) is 0 Å². The predicted octanol–water partition coefficient (Wildman–Crippen LogP) is 3.60. The number of piperidine rings is 1. The molecule has 2 unspecified atom stereocenters. The summed E-state index contributed by atoms with van der Waals surface area (Å²) < 4.78 is 12.7. The normalized spacial score (nSPS) is 19.1. The second kappa shape index (κ2) is 10.3. The minimum atomic E-state index is -0.309. The lowest BCUT2D eigenvalue weighted by molar-refractivity contribution is -0.111. The van der Waals surface area contributed by atoms with Crippen LogP contribution in [-0.4, -0.2) is 42.8 Å². The van der Waals surface area contributed by atoms with E-state index in [0.717, 1.165) is 36.5 Å². The molecule has 0 saturated carbocycles. The van der Waals surface area contributed by atoms with Gasteiger partial charge in [-0.2, -0.15) is 0 Å². The zero-order valence-electron chi connectivity index (χ0n) is 21.7. The van der Waals surface area contributed by atoms with Crippen molar-refractivity contribution in [2.24, 2.45) is 5.92 Å². The van der Waals surface area contributed by atoms with E-state index in [9.17, 15) is 14.4 Å². The van der Waals surface area contributed by atoms with Gasteiger partial charge in [0.15, 0.2) is 11.5 Å². The van der Waals surface area contributed by atoms with E-state index in [-0.39, 0.29) is 30.1 Å². The molecule has 200 valence electrons. The number of nitrogens with one attached hydrogen (secondary N) is 2. The summed E-state index contributed by atoms with van der Waals surface area (Å²) in [5.74, 6) is 1.35. The third-order valence-electron chi connectivity index (χ3n) is 7.50. The van der Waals surface area contributed by atoms with Crippen LogP contribution in [0.5, 0.6) is 11.5 Å². The van der Waals surface area contributed by atoms with E-state index in [1.54, 1.807) is 24.3 Å². The Morgan fingerprint density at radius 1 is 1.03 bits per heavy atom. The summed E-state index contributed by atoms with van der Waals surface area (Å²) in [5.41, 5.74) is 3.82. The van der Waals surface area contributed by atoms with Gasteiger partial charge in [0.05, 0.1) is 11.4 Å². The van der Waals surface area contributed by atoms with Crippen LogP contribution in [0.25, 0.3) is 6.08 Å². The molecule has 0 aliphatic carbocycles. The fourth-order valence-corrected chi connectivity index (χ4v) is 5.77. The zero-order chi connectivity index (χ0) is 26.9. The van der Waals surface area contributed by atoms with Crippen LogP contribution in [-0.2, 0) is 11.3 Å². The molecule has 0 radical (unpaired) electrons. The van der Waals surface area contributed by atoms with Gasteiger partial charge < -0.3 is 29.6 Å². The molecular formula is C30H30N4O5. The Hall–Kier alpha value is -4.53. The molecule has 2 aromatic carbocycles. The summed E-state index contributed by atoms with van der Waals surface area (Å²) in [6, 6.07) is 16.4. The van der Waals surface area contributed by atoms with Crippen molar-refractivity contribution >= 4 is 29.3 Å². The molecule has 3 aliphatic rings. The summed E-state index contributed by atoms with van der Waals surface area (Å²) >= 11 is 0. The lowest BCUT2D eigenvalue weighted by Crippen LogP contribution is -2.47. The molecule has 2 N–H and O–H groups in total. The molecule has 6 rings (SSSR count). The monoisotopic (exact) mass is 526 g/mol. The lowest BCUT2D eigenvalue weighted by atomic mass is 9.83. The van der Waals surface area contributed by atoms with Crippen LogP contribution >= 0.6 is 0 Å². The topological polar surface area (TPSA) is 102 Å². The van der Waals surface area contributed by atoms with Gasteiger partial charge in [-0.3, -0.25) is 14.4 Å². The van der Waals surface area contributed by atoms with E-state index >= 15 is 0 Å². The quantitative estimate of drug-likeness (QED) is 0.476. The third-order valence-corrected chi connectivity index (χ3v) is 7.50. The zero-order valence-corrected chi connectivity index (χ0v) is 21.7. The average Bonchev–Trinajstić information content (AvgIpc) is 3.41. The molecule has 2 amide bonds. The molecule has 1 fully saturated rings.